The maximum atomic E-state index is 12.9. The van der Waals surface area contributed by atoms with E-state index in [9.17, 15) is 18.0 Å². The second-order valence-electron chi connectivity index (χ2n) is 7.66. The summed E-state index contributed by atoms with van der Waals surface area (Å²) in [6.07, 6.45) is 2.24. The Hall–Kier alpha value is -2.19. The highest BCUT2D eigenvalue weighted by Gasteiger charge is 2.20. The van der Waals surface area contributed by atoms with Crippen molar-refractivity contribution in [2.75, 3.05) is 14.1 Å². The van der Waals surface area contributed by atoms with E-state index in [1.807, 2.05) is 19.9 Å². The third-order valence-electron chi connectivity index (χ3n) is 4.85. The van der Waals surface area contributed by atoms with Crippen molar-refractivity contribution in [3.63, 3.8) is 0 Å². The zero-order valence-electron chi connectivity index (χ0n) is 17.4. The number of pyridine rings is 1. The number of carbonyl (C=O) groups excluding carboxylic acids is 1. The van der Waals surface area contributed by atoms with Crippen molar-refractivity contribution < 1.29 is 13.2 Å². The molecular weight excluding hydrogens is 378 g/mol. The Morgan fingerprint density at radius 1 is 1.18 bits per heavy atom. The van der Waals surface area contributed by atoms with Gasteiger partial charge in [0.05, 0.1) is 11.4 Å². The summed E-state index contributed by atoms with van der Waals surface area (Å²) in [6.45, 7) is 8.79. The average Bonchev–Trinajstić information content (AvgIpc) is 2.88. The van der Waals surface area contributed by atoms with Crippen molar-refractivity contribution in [3.05, 3.63) is 51.7 Å². The number of sulfonamides is 1. The van der Waals surface area contributed by atoms with E-state index in [-0.39, 0.29) is 17.2 Å². The number of ketones is 1. The van der Waals surface area contributed by atoms with E-state index in [0.29, 0.717) is 11.5 Å². The molecule has 8 heteroatoms. The van der Waals surface area contributed by atoms with Crippen LogP contribution in [0.15, 0.2) is 34.1 Å². The molecule has 0 aliphatic carbocycles. The van der Waals surface area contributed by atoms with Crippen molar-refractivity contribution in [1.82, 2.24) is 13.4 Å². The van der Waals surface area contributed by atoms with Crippen LogP contribution in [0, 0.1) is 19.8 Å². The Balaban J connectivity index is 2.34. The smallest absolute Gasteiger partial charge is 0.251 e. The molecule has 0 bridgehead atoms. The summed E-state index contributed by atoms with van der Waals surface area (Å²) in [5, 5.41) is 0. The van der Waals surface area contributed by atoms with Crippen molar-refractivity contribution in [1.29, 1.82) is 0 Å². The van der Waals surface area contributed by atoms with Gasteiger partial charge in [0, 0.05) is 49.9 Å². The molecule has 2 heterocycles. The second-order valence-corrected chi connectivity index (χ2v) is 9.81. The molecule has 0 aromatic carbocycles. The lowest BCUT2D eigenvalue weighted by Crippen LogP contribution is -2.27. The number of Topliss-reactive ketones (excluding diaryl/α,β-unsaturated/α-hetero) is 1. The normalized spacial score (nSPS) is 12.1. The van der Waals surface area contributed by atoms with Crippen LogP contribution in [0.5, 0.6) is 0 Å². The molecule has 0 spiro atoms. The van der Waals surface area contributed by atoms with Crippen LogP contribution in [-0.2, 0) is 23.1 Å². The summed E-state index contributed by atoms with van der Waals surface area (Å²) in [5.74, 6) is 0.339. The minimum Gasteiger partial charge on any atom is -0.348 e. The largest absolute Gasteiger partial charge is 0.348 e. The lowest BCUT2D eigenvalue weighted by molar-refractivity contribution is 0.0969. The van der Waals surface area contributed by atoms with Crippen molar-refractivity contribution in [2.45, 2.75) is 52.1 Å². The van der Waals surface area contributed by atoms with Gasteiger partial charge in [-0.25, -0.2) is 12.7 Å². The molecule has 0 N–H and O–H groups in total. The van der Waals surface area contributed by atoms with Crippen LogP contribution >= 0.6 is 0 Å². The number of aryl methyl sites for hydroxylation is 1. The van der Waals surface area contributed by atoms with E-state index in [4.69, 9.17) is 0 Å². The number of rotatable bonds is 8. The molecule has 0 aliphatic heterocycles. The first-order valence-corrected chi connectivity index (χ1v) is 10.7. The predicted octanol–water partition coefficient (Wildman–Crippen LogP) is 2.45. The van der Waals surface area contributed by atoms with Gasteiger partial charge < -0.3 is 9.13 Å². The SMILES string of the molecule is Cc1cc(C(=O)Cn2cc(S(=O)(=O)N(C)C)ccc2=O)c(C)n1CCC(C)C. The van der Waals surface area contributed by atoms with Gasteiger partial charge in [0.1, 0.15) is 0 Å². The fourth-order valence-electron chi connectivity index (χ4n) is 3.05. The third-order valence-corrected chi connectivity index (χ3v) is 6.65. The summed E-state index contributed by atoms with van der Waals surface area (Å²) in [4.78, 5) is 25.0. The third kappa shape index (κ3) is 4.62. The van der Waals surface area contributed by atoms with Crippen LogP contribution in [0.3, 0.4) is 0 Å². The zero-order chi connectivity index (χ0) is 21.2. The standard InChI is InChI=1S/C20H29N3O4S/c1-14(2)9-10-23-15(3)11-18(16(23)4)19(24)13-22-12-17(7-8-20(22)25)28(26,27)21(5)6/h7-8,11-12,14H,9-10,13H2,1-6H3. The summed E-state index contributed by atoms with van der Waals surface area (Å²) in [7, 11) is -0.847. The van der Waals surface area contributed by atoms with Crippen molar-refractivity contribution in [2.24, 2.45) is 5.92 Å². The summed E-state index contributed by atoms with van der Waals surface area (Å²) in [5.41, 5.74) is 2.01. The van der Waals surface area contributed by atoms with Crippen LogP contribution in [-0.4, -0.2) is 41.7 Å². The Kier molecular flexibility index (Phi) is 6.67. The Bertz CT molecular complexity index is 1030. The van der Waals surface area contributed by atoms with Crippen LogP contribution < -0.4 is 5.56 Å². The minimum absolute atomic E-state index is 0.0210. The zero-order valence-corrected chi connectivity index (χ0v) is 18.2. The van der Waals surface area contributed by atoms with Crippen molar-refractivity contribution in [3.8, 4) is 0 Å². The van der Waals surface area contributed by atoms with E-state index < -0.39 is 15.6 Å². The molecule has 0 saturated heterocycles. The molecule has 7 nitrogen and oxygen atoms in total. The molecule has 0 aliphatic rings. The lowest BCUT2D eigenvalue weighted by atomic mass is 10.1. The fourth-order valence-corrected chi connectivity index (χ4v) is 3.97. The molecule has 2 rings (SSSR count). The highest BCUT2D eigenvalue weighted by molar-refractivity contribution is 7.89. The first-order valence-electron chi connectivity index (χ1n) is 9.28. The van der Waals surface area contributed by atoms with Gasteiger partial charge in [-0.3, -0.25) is 9.59 Å². The first kappa shape index (κ1) is 22.1. The van der Waals surface area contributed by atoms with E-state index in [1.165, 1.54) is 32.4 Å². The molecule has 0 fully saturated rings. The summed E-state index contributed by atoms with van der Waals surface area (Å²) in [6, 6.07) is 4.27. The average molecular weight is 408 g/mol. The van der Waals surface area contributed by atoms with E-state index in [0.717, 1.165) is 33.2 Å². The van der Waals surface area contributed by atoms with Gasteiger partial charge in [-0.1, -0.05) is 13.8 Å². The van der Waals surface area contributed by atoms with E-state index in [2.05, 4.69) is 18.4 Å². The molecule has 2 aromatic heterocycles. The van der Waals surface area contributed by atoms with Gasteiger partial charge in [-0.15, -0.1) is 0 Å². The number of aromatic nitrogens is 2. The molecule has 0 saturated carbocycles. The maximum Gasteiger partial charge on any atom is 0.251 e. The van der Waals surface area contributed by atoms with E-state index in [1.54, 1.807) is 0 Å². The number of carbonyl (C=O) groups is 1. The monoisotopic (exact) mass is 407 g/mol. The fraction of sp³-hybridized carbons (Fsp3) is 0.500. The molecule has 154 valence electrons. The number of hydrogen-bond donors (Lipinski definition) is 0. The van der Waals surface area contributed by atoms with Crippen LogP contribution in [0.4, 0.5) is 0 Å². The minimum atomic E-state index is -3.68. The Morgan fingerprint density at radius 3 is 2.39 bits per heavy atom. The predicted molar refractivity (Wildman–Crippen MR) is 109 cm³/mol. The molecular formula is C20H29N3O4S. The van der Waals surface area contributed by atoms with Crippen molar-refractivity contribution >= 4 is 15.8 Å². The molecule has 28 heavy (non-hydrogen) atoms. The topological polar surface area (TPSA) is 81.4 Å². The Morgan fingerprint density at radius 2 is 1.82 bits per heavy atom. The highest BCUT2D eigenvalue weighted by atomic mass is 32.2. The molecule has 0 radical (unpaired) electrons. The van der Waals surface area contributed by atoms with E-state index >= 15 is 0 Å². The van der Waals surface area contributed by atoms with Crippen LogP contribution in [0.25, 0.3) is 0 Å². The van der Waals surface area contributed by atoms with Gasteiger partial charge in [0.15, 0.2) is 5.78 Å². The molecule has 0 unspecified atom stereocenters. The van der Waals surface area contributed by atoms with Gasteiger partial charge in [0.25, 0.3) is 5.56 Å². The van der Waals surface area contributed by atoms with Gasteiger partial charge in [-0.2, -0.15) is 0 Å². The second kappa shape index (κ2) is 8.45. The highest BCUT2D eigenvalue weighted by Crippen LogP contribution is 2.18. The van der Waals surface area contributed by atoms with Gasteiger partial charge in [-0.05, 0) is 38.3 Å². The van der Waals surface area contributed by atoms with Gasteiger partial charge in [0.2, 0.25) is 10.0 Å². The maximum absolute atomic E-state index is 12.9. The summed E-state index contributed by atoms with van der Waals surface area (Å²) < 4.78 is 28.9. The summed E-state index contributed by atoms with van der Waals surface area (Å²) >= 11 is 0. The molecule has 0 amide bonds. The lowest BCUT2D eigenvalue weighted by Gasteiger charge is -2.13. The van der Waals surface area contributed by atoms with Crippen LogP contribution in [0.1, 0.15) is 42.0 Å². The molecule has 0 atom stereocenters. The number of hydrogen-bond acceptors (Lipinski definition) is 4. The first-order chi connectivity index (χ1) is 12.9. The Labute approximate surface area is 166 Å². The molecule has 2 aromatic rings. The quantitative estimate of drug-likeness (QED) is 0.630. The van der Waals surface area contributed by atoms with Gasteiger partial charge >= 0.3 is 0 Å². The van der Waals surface area contributed by atoms with Crippen LogP contribution in [0.2, 0.25) is 0 Å². The number of nitrogens with zero attached hydrogens (tertiary/aromatic N) is 3.